The van der Waals surface area contributed by atoms with Gasteiger partial charge in [-0.25, -0.2) is 0 Å². The van der Waals surface area contributed by atoms with Gasteiger partial charge in [0.25, 0.3) is 0 Å². The van der Waals surface area contributed by atoms with Crippen LogP contribution in [0.15, 0.2) is 14.3 Å². The highest BCUT2D eigenvalue weighted by atomic mass is 79.9. The lowest BCUT2D eigenvalue weighted by molar-refractivity contribution is 0.177. The molecular formula is C7H8Br2OS. The number of aliphatic hydroxyl groups excluding tert-OH is 1. The number of halogens is 2. The van der Waals surface area contributed by atoms with E-state index in [9.17, 15) is 5.11 Å². The molecule has 0 aliphatic rings. The Labute approximate surface area is 86.7 Å². The Morgan fingerprint density at radius 1 is 1.64 bits per heavy atom. The van der Waals surface area contributed by atoms with Crippen molar-refractivity contribution in [3.8, 4) is 0 Å². The summed E-state index contributed by atoms with van der Waals surface area (Å²) >= 11 is 8.31. The van der Waals surface area contributed by atoms with Gasteiger partial charge >= 0.3 is 0 Å². The summed E-state index contributed by atoms with van der Waals surface area (Å²) in [5.74, 6) is 0. The lowest BCUT2D eigenvalue weighted by atomic mass is 10.2. The molecule has 1 atom stereocenters. The van der Waals surface area contributed by atoms with Gasteiger partial charge < -0.3 is 5.11 Å². The summed E-state index contributed by atoms with van der Waals surface area (Å²) < 4.78 is 2.06. The molecule has 0 aliphatic carbocycles. The number of thiophene rings is 1. The van der Waals surface area contributed by atoms with E-state index in [4.69, 9.17) is 0 Å². The molecule has 0 amide bonds. The van der Waals surface area contributed by atoms with Crippen molar-refractivity contribution >= 4 is 43.2 Å². The van der Waals surface area contributed by atoms with Gasteiger partial charge in [-0.05, 0) is 44.3 Å². The largest absolute Gasteiger partial charge is 0.388 e. The second-order valence-corrected chi connectivity index (χ2v) is 5.45. The Morgan fingerprint density at radius 2 is 2.27 bits per heavy atom. The van der Waals surface area contributed by atoms with Gasteiger partial charge in [0.2, 0.25) is 0 Å². The molecule has 0 fully saturated rings. The second-order valence-electron chi connectivity index (χ2n) is 2.19. The third-order valence-corrected chi connectivity index (χ3v) is 4.74. The molecule has 0 unspecified atom stereocenters. The van der Waals surface area contributed by atoms with Crippen LogP contribution >= 0.6 is 43.2 Å². The van der Waals surface area contributed by atoms with Crippen LogP contribution in [-0.4, -0.2) is 5.11 Å². The SMILES string of the molecule is CC[C@H](O)c1cc(Br)c(Br)s1. The Bertz CT molecular complexity index is 227. The highest BCUT2D eigenvalue weighted by Crippen LogP contribution is 2.36. The zero-order chi connectivity index (χ0) is 8.43. The zero-order valence-electron chi connectivity index (χ0n) is 5.97. The van der Waals surface area contributed by atoms with Crippen LogP contribution in [0.1, 0.15) is 24.3 Å². The van der Waals surface area contributed by atoms with Crippen LogP contribution in [0.5, 0.6) is 0 Å². The molecule has 1 heterocycles. The van der Waals surface area contributed by atoms with Crippen LogP contribution < -0.4 is 0 Å². The molecule has 0 saturated heterocycles. The van der Waals surface area contributed by atoms with E-state index in [-0.39, 0.29) is 6.10 Å². The lowest BCUT2D eigenvalue weighted by Crippen LogP contribution is -1.89. The third kappa shape index (κ3) is 2.28. The van der Waals surface area contributed by atoms with Gasteiger partial charge in [0, 0.05) is 9.35 Å². The first-order chi connectivity index (χ1) is 5.15. The minimum atomic E-state index is -0.317. The third-order valence-electron chi connectivity index (χ3n) is 1.38. The molecule has 1 N–H and O–H groups in total. The van der Waals surface area contributed by atoms with Crippen LogP contribution in [0, 0.1) is 0 Å². The molecule has 1 aromatic heterocycles. The average molecular weight is 300 g/mol. The van der Waals surface area contributed by atoms with E-state index in [1.165, 1.54) is 0 Å². The van der Waals surface area contributed by atoms with Crippen LogP contribution in [0.4, 0.5) is 0 Å². The molecule has 1 rings (SSSR count). The van der Waals surface area contributed by atoms with Crippen molar-refractivity contribution < 1.29 is 5.11 Å². The number of hydrogen-bond acceptors (Lipinski definition) is 2. The van der Waals surface area contributed by atoms with Gasteiger partial charge in [0.15, 0.2) is 0 Å². The first kappa shape index (κ1) is 9.71. The fraction of sp³-hybridized carbons (Fsp3) is 0.429. The molecule has 0 aromatic carbocycles. The van der Waals surface area contributed by atoms with Crippen molar-refractivity contribution in [2.75, 3.05) is 0 Å². The molecule has 11 heavy (non-hydrogen) atoms. The zero-order valence-corrected chi connectivity index (χ0v) is 9.96. The van der Waals surface area contributed by atoms with Crippen LogP contribution in [0.3, 0.4) is 0 Å². The number of hydrogen-bond donors (Lipinski definition) is 1. The van der Waals surface area contributed by atoms with Gasteiger partial charge in [0.1, 0.15) is 0 Å². The molecule has 0 aliphatic heterocycles. The van der Waals surface area contributed by atoms with E-state index in [2.05, 4.69) is 31.9 Å². The predicted octanol–water partition coefficient (Wildman–Crippen LogP) is 3.72. The molecule has 1 nitrogen and oxygen atoms in total. The average Bonchev–Trinajstić information content (AvgIpc) is 2.31. The fourth-order valence-corrected chi connectivity index (χ4v) is 2.89. The van der Waals surface area contributed by atoms with Crippen LogP contribution in [0.25, 0.3) is 0 Å². The van der Waals surface area contributed by atoms with Crippen molar-refractivity contribution in [3.05, 3.63) is 19.2 Å². The van der Waals surface area contributed by atoms with E-state index >= 15 is 0 Å². The summed E-state index contributed by atoms with van der Waals surface area (Å²) in [6.07, 6.45) is 0.446. The molecular weight excluding hydrogens is 292 g/mol. The summed E-state index contributed by atoms with van der Waals surface area (Å²) in [6, 6.07) is 1.95. The number of aliphatic hydroxyl groups is 1. The van der Waals surface area contributed by atoms with Crippen LogP contribution in [-0.2, 0) is 0 Å². The predicted molar refractivity (Wildman–Crippen MR) is 55.0 cm³/mol. The maximum absolute atomic E-state index is 9.44. The van der Waals surface area contributed by atoms with Crippen molar-refractivity contribution in [2.45, 2.75) is 19.4 Å². The molecule has 1 aromatic rings. The first-order valence-corrected chi connectivity index (χ1v) is 5.68. The monoisotopic (exact) mass is 298 g/mol. The molecule has 0 radical (unpaired) electrons. The van der Waals surface area contributed by atoms with Crippen molar-refractivity contribution in [3.63, 3.8) is 0 Å². The number of rotatable bonds is 2. The van der Waals surface area contributed by atoms with Gasteiger partial charge in [-0.15, -0.1) is 11.3 Å². The van der Waals surface area contributed by atoms with E-state index in [0.29, 0.717) is 0 Å². The minimum Gasteiger partial charge on any atom is -0.388 e. The van der Waals surface area contributed by atoms with E-state index in [1.54, 1.807) is 11.3 Å². The van der Waals surface area contributed by atoms with E-state index in [0.717, 1.165) is 19.6 Å². The molecule has 0 spiro atoms. The Hall–Kier alpha value is 0.620. The maximum Gasteiger partial charge on any atom is 0.0880 e. The van der Waals surface area contributed by atoms with E-state index in [1.807, 2.05) is 13.0 Å². The summed E-state index contributed by atoms with van der Waals surface area (Å²) in [5.41, 5.74) is 0. The first-order valence-electron chi connectivity index (χ1n) is 3.28. The smallest absolute Gasteiger partial charge is 0.0880 e. The van der Waals surface area contributed by atoms with Crippen LogP contribution in [0.2, 0.25) is 0 Å². The second kappa shape index (κ2) is 4.03. The van der Waals surface area contributed by atoms with Gasteiger partial charge in [-0.2, -0.15) is 0 Å². The van der Waals surface area contributed by atoms with E-state index < -0.39 is 0 Å². The Morgan fingerprint density at radius 3 is 2.64 bits per heavy atom. The maximum atomic E-state index is 9.44. The normalized spacial score (nSPS) is 13.5. The topological polar surface area (TPSA) is 20.2 Å². The molecule has 62 valence electrons. The minimum absolute atomic E-state index is 0.317. The van der Waals surface area contributed by atoms with Crippen molar-refractivity contribution in [2.24, 2.45) is 0 Å². The molecule has 0 bridgehead atoms. The van der Waals surface area contributed by atoms with Gasteiger partial charge in [-0.3, -0.25) is 0 Å². The Balaban J connectivity index is 2.88. The lowest BCUT2D eigenvalue weighted by Gasteiger charge is -2.01. The molecule has 0 saturated carbocycles. The highest BCUT2D eigenvalue weighted by molar-refractivity contribution is 9.13. The van der Waals surface area contributed by atoms with Gasteiger partial charge in [-0.1, -0.05) is 6.92 Å². The van der Waals surface area contributed by atoms with Crippen molar-refractivity contribution in [1.82, 2.24) is 0 Å². The Kier molecular flexibility index (Phi) is 3.55. The van der Waals surface area contributed by atoms with Gasteiger partial charge in [0.05, 0.1) is 9.89 Å². The summed E-state index contributed by atoms with van der Waals surface area (Å²) in [4.78, 5) is 1.01. The summed E-state index contributed by atoms with van der Waals surface area (Å²) in [7, 11) is 0. The summed E-state index contributed by atoms with van der Waals surface area (Å²) in [6.45, 7) is 1.96. The quantitative estimate of drug-likeness (QED) is 0.882. The van der Waals surface area contributed by atoms with Crippen molar-refractivity contribution in [1.29, 1.82) is 0 Å². The fourth-order valence-electron chi connectivity index (χ4n) is 0.729. The summed E-state index contributed by atoms with van der Waals surface area (Å²) in [5, 5.41) is 9.44. The highest BCUT2D eigenvalue weighted by Gasteiger charge is 2.10. The standard InChI is InChI=1S/C7H8Br2OS/c1-2-5(10)6-3-4(8)7(9)11-6/h3,5,10H,2H2,1H3/t5-/m0/s1. The molecule has 4 heteroatoms.